The number of amides is 1. The Morgan fingerprint density at radius 1 is 1.58 bits per heavy atom. The van der Waals surface area contributed by atoms with Crippen LogP contribution in [0.2, 0.25) is 0 Å². The zero-order valence-corrected chi connectivity index (χ0v) is 12.4. The number of halogens is 1. The SMILES string of the molecule is CC1(C)CC1CNC(=O)c1cc([N+](=O)[O-])ccc1Br. The van der Waals surface area contributed by atoms with Crippen molar-refractivity contribution in [3.05, 3.63) is 38.3 Å². The smallest absolute Gasteiger partial charge is 0.270 e. The number of nitro benzene ring substituents is 1. The van der Waals surface area contributed by atoms with Crippen LogP contribution in [0.4, 0.5) is 5.69 Å². The maximum atomic E-state index is 12.0. The lowest BCUT2D eigenvalue weighted by molar-refractivity contribution is -0.384. The predicted molar refractivity (Wildman–Crippen MR) is 75.0 cm³/mol. The summed E-state index contributed by atoms with van der Waals surface area (Å²) in [6, 6.07) is 4.18. The largest absolute Gasteiger partial charge is 0.352 e. The summed E-state index contributed by atoms with van der Waals surface area (Å²) in [4.78, 5) is 22.2. The Labute approximate surface area is 119 Å². The lowest BCUT2D eigenvalue weighted by atomic mass is 10.1. The number of benzene rings is 1. The first-order valence-electron chi connectivity index (χ1n) is 6.03. The number of carbonyl (C=O) groups excluding carboxylic acids is 1. The summed E-state index contributed by atoms with van der Waals surface area (Å²) in [5, 5.41) is 13.5. The van der Waals surface area contributed by atoms with Crippen molar-refractivity contribution in [3.63, 3.8) is 0 Å². The molecule has 1 amide bonds. The quantitative estimate of drug-likeness (QED) is 0.682. The van der Waals surface area contributed by atoms with Crippen LogP contribution in [0.5, 0.6) is 0 Å². The number of non-ortho nitro benzene ring substituents is 1. The van der Waals surface area contributed by atoms with Crippen LogP contribution in [0.15, 0.2) is 22.7 Å². The third kappa shape index (κ3) is 3.12. The highest BCUT2D eigenvalue weighted by Gasteiger charge is 2.45. The monoisotopic (exact) mass is 326 g/mol. The fourth-order valence-corrected chi connectivity index (χ4v) is 2.46. The van der Waals surface area contributed by atoms with E-state index in [1.165, 1.54) is 18.2 Å². The Bertz CT molecular complexity index is 543. The second kappa shape index (κ2) is 4.92. The van der Waals surface area contributed by atoms with Crippen molar-refractivity contribution in [3.8, 4) is 0 Å². The molecule has 0 bridgehead atoms. The van der Waals surface area contributed by atoms with Gasteiger partial charge < -0.3 is 5.32 Å². The number of nitro groups is 1. The molecule has 0 saturated heterocycles. The maximum Gasteiger partial charge on any atom is 0.270 e. The summed E-state index contributed by atoms with van der Waals surface area (Å²) in [7, 11) is 0. The molecule has 6 heteroatoms. The highest BCUT2D eigenvalue weighted by Crippen LogP contribution is 2.51. The Kier molecular flexibility index (Phi) is 3.62. The van der Waals surface area contributed by atoms with E-state index in [9.17, 15) is 14.9 Å². The number of nitrogens with one attached hydrogen (secondary N) is 1. The summed E-state index contributed by atoms with van der Waals surface area (Å²) in [5.41, 5.74) is 0.514. The summed E-state index contributed by atoms with van der Waals surface area (Å²) >= 11 is 3.24. The lowest BCUT2D eigenvalue weighted by Crippen LogP contribution is -2.27. The topological polar surface area (TPSA) is 72.2 Å². The van der Waals surface area contributed by atoms with Crippen molar-refractivity contribution in [2.45, 2.75) is 20.3 Å². The molecular formula is C13H15BrN2O3. The van der Waals surface area contributed by atoms with Gasteiger partial charge in [0.2, 0.25) is 0 Å². The first-order valence-corrected chi connectivity index (χ1v) is 6.83. The zero-order valence-electron chi connectivity index (χ0n) is 10.8. The van der Waals surface area contributed by atoms with Crippen LogP contribution >= 0.6 is 15.9 Å². The van der Waals surface area contributed by atoms with Gasteiger partial charge in [-0.15, -0.1) is 0 Å². The van der Waals surface area contributed by atoms with Crippen LogP contribution in [0, 0.1) is 21.4 Å². The number of hydrogen-bond acceptors (Lipinski definition) is 3. The molecule has 0 radical (unpaired) electrons. The van der Waals surface area contributed by atoms with Gasteiger partial charge in [-0.1, -0.05) is 13.8 Å². The average molecular weight is 327 g/mol. The Morgan fingerprint density at radius 2 is 2.21 bits per heavy atom. The summed E-state index contributed by atoms with van der Waals surface area (Å²) in [6.45, 7) is 4.93. The van der Waals surface area contributed by atoms with Gasteiger partial charge in [0.1, 0.15) is 0 Å². The van der Waals surface area contributed by atoms with Crippen LogP contribution in [-0.4, -0.2) is 17.4 Å². The highest BCUT2D eigenvalue weighted by molar-refractivity contribution is 9.10. The maximum absolute atomic E-state index is 12.0. The van der Waals surface area contributed by atoms with Crippen molar-refractivity contribution in [2.24, 2.45) is 11.3 Å². The van der Waals surface area contributed by atoms with Gasteiger partial charge in [-0.25, -0.2) is 0 Å². The van der Waals surface area contributed by atoms with Gasteiger partial charge in [-0.05, 0) is 39.8 Å². The summed E-state index contributed by atoms with van der Waals surface area (Å²) < 4.78 is 0.561. The molecule has 1 N–H and O–H groups in total. The fourth-order valence-electron chi connectivity index (χ4n) is 2.04. The zero-order chi connectivity index (χ0) is 14.2. The van der Waals surface area contributed by atoms with E-state index in [4.69, 9.17) is 0 Å². The van der Waals surface area contributed by atoms with Gasteiger partial charge in [0.25, 0.3) is 11.6 Å². The van der Waals surface area contributed by atoms with Crippen LogP contribution in [-0.2, 0) is 0 Å². The van der Waals surface area contributed by atoms with E-state index in [1.807, 2.05) is 0 Å². The molecule has 102 valence electrons. The summed E-state index contributed by atoms with van der Waals surface area (Å²) in [5.74, 6) is 0.215. The van der Waals surface area contributed by atoms with E-state index >= 15 is 0 Å². The molecule has 0 spiro atoms. The Balaban J connectivity index is 2.06. The average Bonchev–Trinajstić information content (AvgIpc) is 2.94. The first kappa shape index (κ1) is 14.0. The van der Waals surface area contributed by atoms with Gasteiger partial charge in [-0.2, -0.15) is 0 Å². The molecule has 0 heterocycles. The predicted octanol–water partition coefficient (Wildman–Crippen LogP) is 3.13. The van der Waals surface area contributed by atoms with Crippen molar-refractivity contribution in [2.75, 3.05) is 6.54 Å². The molecule has 0 aromatic heterocycles. The summed E-state index contributed by atoms with van der Waals surface area (Å²) in [6.07, 6.45) is 1.10. The molecule has 1 aliphatic rings. The van der Waals surface area contributed by atoms with E-state index in [-0.39, 0.29) is 11.6 Å². The van der Waals surface area contributed by atoms with Gasteiger partial charge in [0.15, 0.2) is 0 Å². The van der Waals surface area contributed by atoms with Gasteiger partial charge in [0.05, 0.1) is 10.5 Å². The normalized spacial score (nSPS) is 19.8. The fraction of sp³-hybridized carbons (Fsp3) is 0.462. The Morgan fingerprint density at radius 3 is 2.74 bits per heavy atom. The number of carbonyl (C=O) groups is 1. The highest BCUT2D eigenvalue weighted by atomic mass is 79.9. The number of nitrogens with zero attached hydrogens (tertiary/aromatic N) is 1. The molecule has 1 aromatic rings. The van der Waals surface area contributed by atoms with Gasteiger partial charge in [-0.3, -0.25) is 14.9 Å². The van der Waals surface area contributed by atoms with Crippen molar-refractivity contribution in [1.82, 2.24) is 5.32 Å². The lowest BCUT2D eigenvalue weighted by Gasteiger charge is -2.08. The molecule has 1 aliphatic carbocycles. The molecule has 1 aromatic carbocycles. The van der Waals surface area contributed by atoms with Gasteiger partial charge >= 0.3 is 0 Å². The van der Waals surface area contributed by atoms with Crippen molar-refractivity contribution < 1.29 is 9.72 Å². The van der Waals surface area contributed by atoms with Crippen LogP contribution in [0.1, 0.15) is 30.6 Å². The van der Waals surface area contributed by atoms with Crippen LogP contribution in [0.3, 0.4) is 0 Å². The van der Waals surface area contributed by atoms with E-state index in [0.29, 0.717) is 27.9 Å². The minimum Gasteiger partial charge on any atom is -0.352 e. The molecule has 19 heavy (non-hydrogen) atoms. The molecule has 0 aliphatic heterocycles. The van der Waals surface area contributed by atoms with Crippen LogP contribution in [0.25, 0.3) is 0 Å². The third-order valence-corrected chi connectivity index (χ3v) is 4.32. The minimum absolute atomic E-state index is 0.0832. The molecule has 1 atom stereocenters. The second-order valence-corrected chi connectivity index (χ2v) is 6.38. The van der Waals surface area contributed by atoms with E-state index in [0.717, 1.165) is 6.42 Å². The third-order valence-electron chi connectivity index (χ3n) is 3.63. The number of rotatable bonds is 4. The molecule has 1 saturated carbocycles. The van der Waals surface area contributed by atoms with E-state index in [1.54, 1.807) is 0 Å². The molecule has 1 fully saturated rings. The van der Waals surface area contributed by atoms with Crippen LogP contribution < -0.4 is 5.32 Å². The van der Waals surface area contributed by atoms with E-state index < -0.39 is 4.92 Å². The first-order chi connectivity index (χ1) is 8.81. The molecule has 1 unspecified atom stereocenters. The molecule has 5 nitrogen and oxygen atoms in total. The standard InChI is InChI=1S/C13H15BrN2O3/c1-13(2)6-8(13)7-15-12(17)10-5-9(16(18)19)3-4-11(10)14/h3-5,8H,6-7H2,1-2H3,(H,15,17). The van der Waals surface area contributed by atoms with Crippen molar-refractivity contribution >= 4 is 27.5 Å². The van der Waals surface area contributed by atoms with Crippen molar-refractivity contribution in [1.29, 1.82) is 0 Å². The minimum atomic E-state index is -0.507. The molecule has 2 rings (SSSR count). The van der Waals surface area contributed by atoms with E-state index in [2.05, 4.69) is 35.1 Å². The van der Waals surface area contributed by atoms with Gasteiger partial charge in [0, 0.05) is 23.2 Å². The number of hydrogen-bond donors (Lipinski definition) is 1. The molecular weight excluding hydrogens is 312 g/mol. The Hall–Kier alpha value is -1.43. The second-order valence-electron chi connectivity index (χ2n) is 5.52.